The summed E-state index contributed by atoms with van der Waals surface area (Å²) >= 11 is 0. The molecule has 7 heteroatoms. The molecule has 21 heavy (non-hydrogen) atoms. The number of rotatable bonds is 5. The average molecular weight is 291 g/mol. The Bertz CT molecular complexity index is 664. The maximum Gasteiger partial charge on any atom is 0.354 e. The first-order valence-corrected chi connectivity index (χ1v) is 6.53. The van der Waals surface area contributed by atoms with Crippen molar-refractivity contribution in [3.8, 4) is 11.6 Å². The highest BCUT2D eigenvalue weighted by atomic mass is 16.6. The summed E-state index contributed by atoms with van der Waals surface area (Å²) in [6.07, 6.45) is 0. The zero-order chi connectivity index (χ0) is 15.6. The van der Waals surface area contributed by atoms with Gasteiger partial charge in [0.15, 0.2) is 0 Å². The van der Waals surface area contributed by atoms with Gasteiger partial charge in [-0.25, -0.2) is 4.68 Å². The Morgan fingerprint density at radius 2 is 2.10 bits per heavy atom. The number of aliphatic hydroxyl groups excluding tert-OH is 1. The highest BCUT2D eigenvalue weighted by Crippen LogP contribution is 2.37. The molecule has 0 atom stereocenters. The van der Waals surface area contributed by atoms with Gasteiger partial charge in [0.05, 0.1) is 11.5 Å². The van der Waals surface area contributed by atoms with Crippen molar-refractivity contribution in [3.05, 3.63) is 45.6 Å². The van der Waals surface area contributed by atoms with Crippen LogP contribution < -0.4 is 4.74 Å². The fraction of sp³-hybridized carbons (Fsp3) is 0.357. The van der Waals surface area contributed by atoms with E-state index in [0.29, 0.717) is 17.0 Å². The van der Waals surface area contributed by atoms with Crippen molar-refractivity contribution in [2.45, 2.75) is 26.4 Å². The molecule has 0 aliphatic heterocycles. The molecule has 2 rings (SSSR count). The van der Waals surface area contributed by atoms with Crippen molar-refractivity contribution in [3.63, 3.8) is 0 Å². The number of para-hydroxylation sites is 1. The quantitative estimate of drug-likeness (QED) is 0.675. The molecular formula is C14H17N3O4. The minimum absolute atomic E-state index is 0.0598. The molecule has 0 aliphatic rings. The SMILES string of the molecule is CC(C)c1nn(C)c(Oc2ccccc2CO)c1[N+](=O)[O-]. The van der Waals surface area contributed by atoms with Crippen LogP contribution in [0.25, 0.3) is 0 Å². The zero-order valence-corrected chi connectivity index (χ0v) is 12.1. The molecule has 0 amide bonds. The minimum atomic E-state index is -0.487. The smallest absolute Gasteiger partial charge is 0.354 e. The Kier molecular flexibility index (Phi) is 4.23. The van der Waals surface area contributed by atoms with E-state index < -0.39 is 4.92 Å². The van der Waals surface area contributed by atoms with Crippen LogP contribution in [-0.2, 0) is 13.7 Å². The number of hydrogen-bond donors (Lipinski definition) is 1. The fourth-order valence-corrected chi connectivity index (χ4v) is 2.03. The molecule has 1 N–H and O–H groups in total. The first-order chi connectivity index (χ1) is 9.95. The van der Waals surface area contributed by atoms with E-state index in [9.17, 15) is 15.2 Å². The highest BCUT2D eigenvalue weighted by molar-refractivity contribution is 5.50. The van der Waals surface area contributed by atoms with Gasteiger partial charge in [0.25, 0.3) is 5.88 Å². The number of aromatic nitrogens is 2. The van der Waals surface area contributed by atoms with Gasteiger partial charge in [-0.2, -0.15) is 5.10 Å². The summed E-state index contributed by atoms with van der Waals surface area (Å²) in [4.78, 5) is 10.8. The van der Waals surface area contributed by atoms with Gasteiger partial charge in [-0.15, -0.1) is 0 Å². The summed E-state index contributed by atoms with van der Waals surface area (Å²) in [6.45, 7) is 3.46. The van der Waals surface area contributed by atoms with Gasteiger partial charge in [0.2, 0.25) is 0 Å². The van der Waals surface area contributed by atoms with Crippen LogP contribution in [0.3, 0.4) is 0 Å². The Labute approximate surface area is 121 Å². The molecule has 7 nitrogen and oxygen atoms in total. The summed E-state index contributed by atoms with van der Waals surface area (Å²) < 4.78 is 7.00. The van der Waals surface area contributed by atoms with Crippen LogP contribution in [0.4, 0.5) is 5.69 Å². The standard InChI is InChI=1S/C14H17N3O4/c1-9(2)12-13(17(19)20)14(16(3)15-12)21-11-7-5-4-6-10(11)8-18/h4-7,9,18H,8H2,1-3H3. The Morgan fingerprint density at radius 1 is 1.43 bits per heavy atom. The van der Waals surface area contributed by atoms with Gasteiger partial charge >= 0.3 is 5.69 Å². The Balaban J connectivity index is 2.51. The summed E-state index contributed by atoms with van der Waals surface area (Å²) in [5, 5.41) is 24.8. The number of benzene rings is 1. The van der Waals surface area contributed by atoms with Gasteiger partial charge in [0.1, 0.15) is 11.4 Å². The molecule has 0 saturated heterocycles. The van der Waals surface area contributed by atoms with Crippen LogP contribution >= 0.6 is 0 Å². The summed E-state index contributed by atoms with van der Waals surface area (Å²) in [5.41, 5.74) is 0.790. The van der Waals surface area contributed by atoms with Crippen LogP contribution in [0.2, 0.25) is 0 Å². The molecule has 112 valence electrons. The van der Waals surface area contributed by atoms with Crippen molar-refractivity contribution >= 4 is 5.69 Å². The van der Waals surface area contributed by atoms with Crippen molar-refractivity contribution < 1.29 is 14.8 Å². The number of nitro groups is 1. The topological polar surface area (TPSA) is 90.4 Å². The molecule has 0 fully saturated rings. The van der Waals surface area contributed by atoms with Gasteiger partial charge in [-0.3, -0.25) is 10.1 Å². The molecule has 0 spiro atoms. The molecule has 0 saturated carbocycles. The number of hydrogen-bond acceptors (Lipinski definition) is 5. The Morgan fingerprint density at radius 3 is 2.67 bits per heavy atom. The lowest BCUT2D eigenvalue weighted by Crippen LogP contribution is -1.99. The van der Waals surface area contributed by atoms with E-state index in [0.717, 1.165) is 0 Å². The molecule has 0 radical (unpaired) electrons. The molecule has 1 aromatic heterocycles. The highest BCUT2D eigenvalue weighted by Gasteiger charge is 2.30. The van der Waals surface area contributed by atoms with Gasteiger partial charge < -0.3 is 9.84 Å². The number of aliphatic hydroxyl groups is 1. The third-order valence-electron chi connectivity index (χ3n) is 3.08. The molecule has 0 bridgehead atoms. The third kappa shape index (κ3) is 2.87. The van der Waals surface area contributed by atoms with E-state index in [1.54, 1.807) is 31.3 Å². The molecule has 1 aromatic carbocycles. The van der Waals surface area contributed by atoms with Crippen molar-refractivity contribution in [2.75, 3.05) is 0 Å². The summed E-state index contributed by atoms with van der Waals surface area (Å²) in [5.74, 6) is 0.341. The van der Waals surface area contributed by atoms with E-state index in [-0.39, 0.29) is 24.1 Å². The largest absolute Gasteiger partial charge is 0.433 e. The van der Waals surface area contributed by atoms with Crippen molar-refractivity contribution in [1.82, 2.24) is 9.78 Å². The second-order valence-electron chi connectivity index (χ2n) is 4.94. The van der Waals surface area contributed by atoms with Crippen LogP contribution in [0.15, 0.2) is 24.3 Å². The van der Waals surface area contributed by atoms with E-state index in [2.05, 4.69) is 5.10 Å². The average Bonchev–Trinajstić information content (AvgIpc) is 2.77. The third-order valence-corrected chi connectivity index (χ3v) is 3.08. The molecule has 0 aliphatic carbocycles. The second-order valence-corrected chi connectivity index (χ2v) is 4.94. The van der Waals surface area contributed by atoms with Crippen LogP contribution in [0.1, 0.15) is 31.0 Å². The summed E-state index contributed by atoms with van der Waals surface area (Å²) in [7, 11) is 1.59. The van der Waals surface area contributed by atoms with E-state index in [1.807, 2.05) is 13.8 Å². The van der Waals surface area contributed by atoms with Crippen LogP contribution in [0, 0.1) is 10.1 Å². The lowest BCUT2D eigenvalue weighted by Gasteiger charge is -2.08. The monoisotopic (exact) mass is 291 g/mol. The summed E-state index contributed by atoms with van der Waals surface area (Å²) in [6, 6.07) is 6.84. The number of aryl methyl sites for hydroxylation is 1. The van der Waals surface area contributed by atoms with Crippen LogP contribution in [0.5, 0.6) is 11.6 Å². The van der Waals surface area contributed by atoms with Crippen LogP contribution in [-0.4, -0.2) is 19.8 Å². The predicted octanol–water partition coefficient (Wildman–Crippen LogP) is 2.74. The van der Waals surface area contributed by atoms with Crippen molar-refractivity contribution in [1.29, 1.82) is 0 Å². The lowest BCUT2D eigenvalue weighted by atomic mass is 10.1. The molecule has 2 aromatic rings. The van der Waals surface area contributed by atoms with Gasteiger partial charge in [-0.05, 0) is 6.07 Å². The predicted molar refractivity (Wildman–Crippen MR) is 76.4 cm³/mol. The fourth-order valence-electron chi connectivity index (χ4n) is 2.03. The maximum absolute atomic E-state index is 11.3. The zero-order valence-electron chi connectivity index (χ0n) is 12.1. The number of nitrogens with zero attached hydrogens (tertiary/aromatic N) is 3. The lowest BCUT2D eigenvalue weighted by molar-refractivity contribution is -0.386. The first kappa shape index (κ1) is 15.0. The van der Waals surface area contributed by atoms with E-state index in [4.69, 9.17) is 4.74 Å². The minimum Gasteiger partial charge on any atom is -0.433 e. The Hall–Kier alpha value is -2.41. The first-order valence-electron chi connectivity index (χ1n) is 6.53. The van der Waals surface area contributed by atoms with E-state index in [1.165, 1.54) is 4.68 Å². The van der Waals surface area contributed by atoms with Gasteiger partial charge in [-0.1, -0.05) is 32.0 Å². The molecular weight excluding hydrogens is 274 g/mol. The van der Waals surface area contributed by atoms with Crippen molar-refractivity contribution in [2.24, 2.45) is 7.05 Å². The number of ether oxygens (including phenoxy) is 1. The molecule has 0 unspecified atom stereocenters. The molecule has 1 heterocycles. The maximum atomic E-state index is 11.3. The van der Waals surface area contributed by atoms with Gasteiger partial charge in [0, 0.05) is 18.5 Å². The van der Waals surface area contributed by atoms with E-state index >= 15 is 0 Å². The second kappa shape index (κ2) is 5.92. The normalized spacial score (nSPS) is 10.9.